The maximum absolute atomic E-state index is 12.0. The Hall–Kier alpha value is -1.53. The number of H-pyrrole nitrogens is 1. The molecule has 5 atom stereocenters. The predicted molar refractivity (Wildman–Crippen MR) is 94.2 cm³/mol. The van der Waals surface area contributed by atoms with Crippen LogP contribution in [0.25, 0.3) is 0 Å². The molecule has 2 aliphatic carbocycles. The summed E-state index contributed by atoms with van der Waals surface area (Å²) in [5.74, 6) is 0.977. The van der Waals surface area contributed by atoms with Crippen LogP contribution < -0.4 is 4.87 Å². The van der Waals surface area contributed by atoms with E-state index in [0.29, 0.717) is 28.6 Å². The quantitative estimate of drug-likeness (QED) is 0.856. The molecule has 0 unspecified atom stereocenters. The second-order valence-electron chi connectivity index (χ2n) is 7.07. The number of nitrogens with one attached hydrogen (secondary N) is 1. The minimum absolute atomic E-state index is 0.0300. The van der Waals surface area contributed by atoms with Gasteiger partial charge in [0.1, 0.15) is 0 Å². The number of hydrogen-bond donors (Lipinski definition) is 2. The number of aromatic carboxylic acids is 1. The van der Waals surface area contributed by atoms with Crippen molar-refractivity contribution < 1.29 is 9.90 Å². The van der Waals surface area contributed by atoms with Gasteiger partial charge in [-0.25, -0.2) is 4.79 Å². The molecule has 2 heterocycles. The lowest BCUT2D eigenvalue weighted by Crippen LogP contribution is -2.34. The zero-order valence-corrected chi connectivity index (χ0v) is 14.5. The molecule has 5 rings (SSSR count). The van der Waals surface area contributed by atoms with E-state index in [1.165, 1.54) is 30.6 Å². The Labute approximate surface area is 147 Å². The van der Waals surface area contributed by atoms with E-state index in [2.05, 4.69) is 4.98 Å². The summed E-state index contributed by atoms with van der Waals surface area (Å²) in [4.78, 5) is 27.8. The fraction of sp³-hybridized carbons (Fsp3) is 0.444. The fourth-order valence-electron chi connectivity index (χ4n) is 5.16. The highest BCUT2D eigenvalue weighted by Crippen LogP contribution is 2.63. The van der Waals surface area contributed by atoms with Crippen molar-refractivity contribution >= 4 is 29.1 Å². The number of hydrogen-bond acceptors (Lipinski definition) is 4. The van der Waals surface area contributed by atoms with Crippen LogP contribution in [0.2, 0.25) is 0 Å². The number of aromatic amines is 1. The number of benzene rings is 1. The third-order valence-corrected chi connectivity index (χ3v) is 8.62. The molecule has 0 radical (unpaired) electrons. The topological polar surface area (TPSA) is 70.2 Å². The van der Waals surface area contributed by atoms with Crippen LogP contribution in [0, 0.1) is 17.8 Å². The molecule has 4 nitrogen and oxygen atoms in total. The Kier molecular flexibility index (Phi) is 3.22. The molecule has 1 aromatic carbocycles. The van der Waals surface area contributed by atoms with Crippen molar-refractivity contribution in [1.29, 1.82) is 0 Å². The van der Waals surface area contributed by atoms with Crippen molar-refractivity contribution in [2.24, 2.45) is 17.8 Å². The van der Waals surface area contributed by atoms with E-state index in [0.717, 1.165) is 15.5 Å². The molecule has 124 valence electrons. The zero-order valence-electron chi connectivity index (χ0n) is 12.9. The van der Waals surface area contributed by atoms with Crippen LogP contribution in [0.4, 0.5) is 0 Å². The molecule has 2 aromatic rings. The molecule has 6 heteroatoms. The number of aromatic nitrogens is 1. The van der Waals surface area contributed by atoms with Crippen LogP contribution >= 0.6 is 23.1 Å². The largest absolute Gasteiger partial charge is 0.478 e. The normalized spacial score (nSPS) is 33.2. The number of carboxylic acid groups (broad SMARTS) is 1. The fourth-order valence-corrected chi connectivity index (χ4v) is 8.05. The van der Waals surface area contributed by atoms with Gasteiger partial charge in [0.2, 0.25) is 0 Å². The van der Waals surface area contributed by atoms with Crippen molar-refractivity contribution in [3.05, 3.63) is 49.9 Å². The van der Waals surface area contributed by atoms with Crippen LogP contribution in [-0.2, 0) is 0 Å². The summed E-state index contributed by atoms with van der Waals surface area (Å²) in [5, 5.41) is 11.1. The van der Waals surface area contributed by atoms with Gasteiger partial charge in [-0.15, -0.1) is 11.8 Å². The van der Waals surface area contributed by atoms with E-state index in [9.17, 15) is 14.7 Å². The molecule has 1 aromatic heterocycles. The van der Waals surface area contributed by atoms with Gasteiger partial charge in [-0.1, -0.05) is 29.5 Å². The molecule has 0 amide bonds. The maximum atomic E-state index is 12.0. The molecule has 24 heavy (non-hydrogen) atoms. The lowest BCUT2D eigenvalue weighted by molar-refractivity contribution is 0.0694. The van der Waals surface area contributed by atoms with E-state index in [1.807, 2.05) is 23.9 Å². The van der Waals surface area contributed by atoms with E-state index in [4.69, 9.17) is 0 Å². The molecule has 0 saturated heterocycles. The molecule has 3 aliphatic rings. The maximum Gasteiger partial charge on any atom is 0.335 e. The first kappa shape index (κ1) is 14.8. The van der Waals surface area contributed by atoms with E-state index in [1.54, 1.807) is 12.1 Å². The van der Waals surface area contributed by atoms with Gasteiger partial charge in [-0.2, -0.15) is 0 Å². The van der Waals surface area contributed by atoms with Crippen LogP contribution in [0.15, 0.2) is 34.1 Å². The lowest BCUT2D eigenvalue weighted by Gasteiger charge is -2.40. The average molecular weight is 359 g/mol. The molecule has 1 aliphatic heterocycles. The highest BCUT2D eigenvalue weighted by atomic mass is 32.2. The van der Waals surface area contributed by atoms with Gasteiger partial charge >= 0.3 is 10.8 Å². The Balaban J connectivity index is 1.73. The first-order chi connectivity index (χ1) is 11.6. The number of carboxylic acids is 1. The molecule has 2 fully saturated rings. The molecule has 2 bridgehead atoms. The summed E-state index contributed by atoms with van der Waals surface area (Å²) in [6, 6.07) is 7.34. The van der Waals surface area contributed by atoms with E-state index >= 15 is 0 Å². The Bertz CT molecular complexity index is 886. The van der Waals surface area contributed by atoms with Crippen molar-refractivity contribution in [3.63, 3.8) is 0 Å². The monoisotopic (exact) mass is 359 g/mol. The standard InChI is InChI=1S/C18H17NO3S2/c20-17(21)11-4-2-1-3-10(11)13-12-8-5-6-9(7-8)14(12)23-16-15(13)24-18(22)19-16/h1-4,8-9,12-14H,5-7H2,(H,19,22)(H,20,21)/t8-,9-,12-,13-,14-/m0/s1. The summed E-state index contributed by atoms with van der Waals surface area (Å²) in [7, 11) is 0. The van der Waals surface area contributed by atoms with Gasteiger partial charge in [0.25, 0.3) is 0 Å². The zero-order chi connectivity index (χ0) is 16.4. The Morgan fingerprint density at radius 3 is 2.83 bits per heavy atom. The Morgan fingerprint density at radius 2 is 2.00 bits per heavy atom. The second kappa shape index (κ2) is 5.23. The average Bonchev–Trinajstić information content (AvgIpc) is 3.26. The van der Waals surface area contributed by atoms with Gasteiger partial charge in [0, 0.05) is 16.0 Å². The van der Waals surface area contributed by atoms with Crippen molar-refractivity contribution in [2.45, 2.75) is 35.5 Å². The summed E-state index contributed by atoms with van der Waals surface area (Å²) < 4.78 is 0. The first-order valence-electron chi connectivity index (χ1n) is 8.35. The number of fused-ring (bicyclic) bond motifs is 6. The Morgan fingerprint density at radius 1 is 1.21 bits per heavy atom. The molecule has 2 saturated carbocycles. The number of thioether (sulfide) groups is 1. The summed E-state index contributed by atoms with van der Waals surface area (Å²) in [6.45, 7) is 0. The number of thiazole rings is 1. The third-order valence-electron chi connectivity index (χ3n) is 5.99. The number of rotatable bonds is 2. The predicted octanol–water partition coefficient (Wildman–Crippen LogP) is 3.79. The van der Waals surface area contributed by atoms with Gasteiger partial charge in [-0.05, 0) is 48.6 Å². The SMILES string of the molecule is O=C(O)c1ccccc1[C@@H]1c2sc(=O)[nH]c2S[C@H]2[C@H]3CC[C@@H](C3)[C@@H]12. The molecule has 2 N–H and O–H groups in total. The van der Waals surface area contributed by atoms with Gasteiger partial charge in [0.15, 0.2) is 0 Å². The van der Waals surface area contributed by atoms with Gasteiger partial charge in [-0.3, -0.25) is 4.79 Å². The van der Waals surface area contributed by atoms with E-state index in [-0.39, 0.29) is 10.8 Å². The number of carbonyl (C=O) groups is 1. The molecule has 0 spiro atoms. The van der Waals surface area contributed by atoms with Crippen LogP contribution in [0.5, 0.6) is 0 Å². The summed E-state index contributed by atoms with van der Waals surface area (Å²) in [5.41, 5.74) is 1.26. The summed E-state index contributed by atoms with van der Waals surface area (Å²) >= 11 is 3.10. The second-order valence-corrected chi connectivity index (χ2v) is 9.27. The minimum atomic E-state index is -0.882. The van der Waals surface area contributed by atoms with Crippen molar-refractivity contribution in [2.75, 3.05) is 0 Å². The summed E-state index contributed by atoms with van der Waals surface area (Å²) in [6.07, 6.45) is 3.77. The first-order valence-corrected chi connectivity index (χ1v) is 10.0. The van der Waals surface area contributed by atoms with Gasteiger partial charge in [0.05, 0.1) is 10.6 Å². The van der Waals surface area contributed by atoms with Crippen LogP contribution in [-0.4, -0.2) is 21.3 Å². The molecular weight excluding hydrogens is 342 g/mol. The third kappa shape index (κ3) is 1.99. The van der Waals surface area contributed by atoms with Crippen molar-refractivity contribution in [3.8, 4) is 0 Å². The minimum Gasteiger partial charge on any atom is -0.478 e. The highest BCUT2D eigenvalue weighted by Gasteiger charge is 2.55. The van der Waals surface area contributed by atoms with Crippen LogP contribution in [0.3, 0.4) is 0 Å². The highest BCUT2D eigenvalue weighted by molar-refractivity contribution is 8.00. The van der Waals surface area contributed by atoms with Crippen molar-refractivity contribution in [1.82, 2.24) is 4.98 Å². The molecular formula is C18H17NO3S2. The van der Waals surface area contributed by atoms with Gasteiger partial charge < -0.3 is 10.1 Å². The smallest absolute Gasteiger partial charge is 0.335 e. The van der Waals surface area contributed by atoms with Crippen LogP contribution in [0.1, 0.15) is 46.0 Å². The lowest BCUT2D eigenvalue weighted by atomic mass is 9.74. The van der Waals surface area contributed by atoms with E-state index < -0.39 is 5.97 Å².